The Bertz CT molecular complexity index is 1420. The Morgan fingerprint density at radius 2 is 2.03 bits per heavy atom. The molecule has 34 heavy (non-hydrogen) atoms. The van der Waals surface area contributed by atoms with Gasteiger partial charge in [-0.15, -0.1) is 0 Å². The molecule has 10 heteroatoms. The lowest BCUT2D eigenvalue weighted by molar-refractivity contribution is -0.0868. The number of rotatable bonds is 5. The molecule has 1 fully saturated rings. The quantitative estimate of drug-likeness (QED) is 0.386. The van der Waals surface area contributed by atoms with Gasteiger partial charge in [0.25, 0.3) is 5.91 Å². The van der Waals surface area contributed by atoms with Crippen LogP contribution in [0.25, 0.3) is 22.4 Å². The van der Waals surface area contributed by atoms with Crippen molar-refractivity contribution >= 4 is 22.6 Å². The number of hydrogen-bond donors (Lipinski definition) is 3. The molecule has 0 radical (unpaired) electrons. The number of benzene rings is 2. The highest BCUT2D eigenvalue weighted by molar-refractivity contribution is 6.06. The molecule has 9 nitrogen and oxygen atoms in total. The number of pyridine rings is 1. The molecule has 0 aliphatic carbocycles. The molecule has 4 aromatic rings. The van der Waals surface area contributed by atoms with Crippen molar-refractivity contribution in [3.8, 4) is 28.6 Å². The fraction of sp³-hybridized carbons (Fsp3) is 0.208. The number of nitrogens with zero attached hydrogens (tertiary/aromatic N) is 3. The van der Waals surface area contributed by atoms with Crippen LogP contribution >= 0.6 is 0 Å². The molecule has 0 unspecified atom stereocenters. The number of fused-ring (bicyclic) bond motifs is 1. The van der Waals surface area contributed by atoms with E-state index in [0.29, 0.717) is 35.5 Å². The van der Waals surface area contributed by atoms with E-state index in [2.05, 4.69) is 15.3 Å². The minimum Gasteiger partial charge on any atom is -0.502 e. The second-order valence-corrected chi connectivity index (χ2v) is 8.30. The molecule has 0 bridgehead atoms. The second-order valence-electron chi connectivity index (χ2n) is 8.30. The van der Waals surface area contributed by atoms with Crippen molar-refractivity contribution in [1.82, 2.24) is 14.5 Å². The fourth-order valence-corrected chi connectivity index (χ4v) is 4.04. The van der Waals surface area contributed by atoms with Crippen molar-refractivity contribution in [3.63, 3.8) is 0 Å². The maximum atomic E-state index is 15.1. The van der Waals surface area contributed by atoms with Crippen LogP contribution < -0.4 is 10.1 Å². The molecule has 1 aliphatic heterocycles. The van der Waals surface area contributed by atoms with Crippen LogP contribution in [-0.4, -0.2) is 51.0 Å². The Hall–Kier alpha value is -4.18. The number of methoxy groups -OCH3 is 1. The van der Waals surface area contributed by atoms with Gasteiger partial charge in [-0.2, -0.15) is 0 Å². The zero-order valence-corrected chi connectivity index (χ0v) is 18.4. The first kappa shape index (κ1) is 21.7. The first-order valence-electron chi connectivity index (χ1n) is 10.4. The summed E-state index contributed by atoms with van der Waals surface area (Å²) in [7, 11) is 1.30. The number of halogens is 1. The molecule has 5 rings (SSSR count). The normalized spacial score (nSPS) is 14.6. The Morgan fingerprint density at radius 1 is 1.24 bits per heavy atom. The molecule has 0 atom stereocenters. The summed E-state index contributed by atoms with van der Waals surface area (Å²) in [6, 6.07) is 9.70. The summed E-state index contributed by atoms with van der Waals surface area (Å²) in [6.07, 6.45) is 3.15. The van der Waals surface area contributed by atoms with Crippen molar-refractivity contribution in [2.75, 3.05) is 25.6 Å². The number of amides is 1. The van der Waals surface area contributed by atoms with Gasteiger partial charge in [-0.1, -0.05) is 0 Å². The maximum Gasteiger partial charge on any atom is 0.255 e. The molecule has 3 heterocycles. The van der Waals surface area contributed by atoms with Crippen molar-refractivity contribution in [3.05, 3.63) is 60.2 Å². The molecule has 2 aromatic carbocycles. The number of phenols is 2. The molecule has 2 aromatic heterocycles. The van der Waals surface area contributed by atoms with E-state index < -0.39 is 22.9 Å². The van der Waals surface area contributed by atoms with E-state index in [1.54, 1.807) is 47.3 Å². The van der Waals surface area contributed by atoms with Crippen molar-refractivity contribution in [1.29, 1.82) is 0 Å². The minimum absolute atomic E-state index is 0.0576. The number of hydrogen-bond acceptors (Lipinski definition) is 7. The highest BCUT2D eigenvalue weighted by Crippen LogP contribution is 2.44. The van der Waals surface area contributed by atoms with Crippen LogP contribution in [0.5, 0.6) is 17.2 Å². The van der Waals surface area contributed by atoms with Crippen LogP contribution in [0.3, 0.4) is 0 Å². The number of phenolic OH excluding ortho intramolecular Hbond substituents is 2. The van der Waals surface area contributed by atoms with Crippen LogP contribution in [0.4, 0.5) is 10.1 Å². The van der Waals surface area contributed by atoms with Crippen molar-refractivity contribution in [2.24, 2.45) is 0 Å². The lowest BCUT2D eigenvalue weighted by Crippen LogP contribution is -2.49. The number of nitrogens with one attached hydrogen (secondary N) is 1. The highest BCUT2D eigenvalue weighted by atomic mass is 19.1. The van der Waals surface area contributed by atoms with Gasteiger partial charge in [-0.3, -0.25) is 9.78 Å². The zero-order valence-electron chi connectivity index (χ0n) is 18.4. The monoisotopic (exact) mass is 464 g/mol. The largest absolute Gasteiger partial charge is 0.502 e. The van der Waals surface area contributed by atoms with Crippen molar-refractivity contribution in [2.45, 2.75) is 12.5 Å². The second kappa shape index (κ2) is 7.99. The summed E-state index contributed by atoms with van der Waals surface area (Å²) in [5, 5.41) is 22.9. The van der Waals surface area contributed by atoms with Gasteiger partial charge in [0.15, 0.2) is 17.3 Å². The van der Waals surface area contributed by atoms with Gasteiger partial charge in [0, 0.05) is 11.8 Å². The number of carbonyl (C=O) groups is 1. The summed E-state index contributed by atoms with van der Waals surface area (Å²) in [4.78, 5) is 21.5. The molecular formula is C24H21FN4O5. The number of aromatic hydroxyl groups is 2. The average molecular weight is 464 g/mol. The lowest BCUT2D eigenvalue weighted by Gasteiger charge is -2.40. The van der Waals surface area contributed by atoms with Crippen LogP contribution in [0.2, 0.25) is 0 Å². The van der Waals surface area contributed by atoms with Gasteiger partial charge in [0.05, 0.1) is 54.3 Å². The molecular weight excluding hydrogens is 443 g/mol. The van der Waals surface area contributed by atoms with E-state index in [9.17, 15) is 15.0 Å². The third-order valence-corrected chi connectivity index (χ3v) is 5.84. The summed E-state index contributed by atoms with van der Waals surface area (Å²) in [5.74, 6) is -2.89. The molecule has 1 saturated heterocycles. The summed E-state index contributed by atoms with van der Waals surface area (Å²) < 4.78 is 27.4. The van der Waals surface area contributed by atoms with E-state index in [1.807, 2.05) is 6.92 Å². The van der Waals surface area contributed by atoms with E-state index in [4.69, 9.17) is 9.47 Å². The molecule has 1 aliphatic rings. The van der Waals surface area contributed by atoms with Gasteiger partial charge >= 0.3 is 0 Å². The topological polar surface area (TPSA) is 119 Å². The lowest BCUT2D eigenvalue weighted by atomic mass is 9.98. The summed E-state index contributed by atoms with van der Waals surface area (Å²) in [5.41, 5.74) is 1.40. The van der Waals surface area contributed by atoms with Gasteiger partial charge < -0.3 is 29.6 Å². The Balaban J connectivity index is 1.68. The van der Waals surface area contributed by atoms with Crippen LogP contribution in [0.1, 0.15) is 17.3 Å². The third-order valence-electron chi connectivity index (χ3n) is 5.84. The standard InChI is InChI=1S/C24H21FN4O5/c1-24(11-34-12-24)29-17-8-13(23(32)27-14-4-3-7-26-10-14)5-6-16(17)28-22(29)15-9-18(33-2)20(30)21(31)19(15)25/h3-10,30-31H,11-12H2,1-2H3,(H,27,32). The number of carbonyl (C=O) groups excluding carboxylic acids is 1. The fourth-order valence-electron chi connectivity index (χ4n) is 4.04. The van der Waals surface area contributed by atoms with Gasteiger partial charge in [-0.25, -0.2) is 9.37 Å². The van der Waals surface area contributed by atoms with Gasteiger partial charge in [0.2, 0.25) is 5.75 Å². The first-order valence-corrected chi connectivity index (χ1v) is 10.4. The van der Waals surface area contributed by atoms with Crippen LogP contribution in [-0.2, 0) is 10.3 Å². The van der Waals surface area contributed by atoms with Crippen LogP contribution in [0.15, 0.2) is 48.8 Å². The predicted molar refractivity (Wildman–Crippen MR) is 122 cm³/mol. The molecule has 174 valence electrons. The number of anilines is 1. The van der Waals surface area contributed by atoms with E-state index >= 15 is 4.39 Å². The zero-order chi connectivity index (χ0) is 24.0. The Kier molecular flexibility index (Phi) is 5.09. The number of imidazole rings is 1. The molecule has 0 saturated carbocycles. The van der Waals surface area contributed by atoms with E-state index in [1.165, 1.54) is 13.2 Å². The van der Waals surface area contributed by atoms with Crippen molar-refractivity contribution < 1.29 is 28.9 Å². The Labute approximate surface area is 193 Å². The molecule has 3 N–H and O–H groups in total. The number of aromatic nitrogens is 3. The maximum absolute atomic E-state index is 15.1. The first-order chi connectivity index (χ1) is 16.3. The number of ether oxygens (including phenoxy) is 2. The van der Waals surface area contributed by atoms with Crippen LogP contribution in [0, 0.1) is 5.82 Å². The predicted octanol–water partition coefficient (Wildman–Crippen LogP) is 3.65. The Morgan fingerprint density at radius 3 is 2.68 bits per heavy atom. The van der Waals surface area contributed by atoms with Gasteiger partial charge in [-0.05, 0) is 43.3 Å². The van der Waals surface area contributed by atoms with Gasteiger partial charge in [0.1, 0.15) is 5.82 Å². The minimum atomic E-state index is -1.03. The summed E-state index contributed by atoms with van der Waals surface area (Å²) in [6.45, 7) is 2.62. The molecule has 0 spiro atoms. The average Bonchev–Trinajstić information content (AvgIpc) is 3.20. The van der Waals surface area contributed by atoms with E-state index in [0.717, 1.165) is 0 Å². The third kappa shape index (κ3) is 3.39. The van der Waals surface area contributed by atoms with E-state index in [-0.39, 0.29) is 23.0 Å². The highest BCUT2D eigenvalue weighted by Gasteiger charge is 2.39. The summed E-state index contributed by atoms with van der Waals surface area (Å²) >= 11 is 0. The molecule has 1 amide bonds. The SMILES string of the molecule is COc1cc(-c2nc3ccc(C(=O)Nc4cccnc4)cc3n2C2(C)COC2)c(F)c(O)c1O. The smallest absolute Gasteiger partial charge is 0.255 e.